The van der Waals surface area contributed by atoms with E-state index in [1.165, 1.54) is 17.4 Å². The molecule has 2 aromatic carbocycles. The third-order valence-electron chi connectivity index (χ3n) is 3.45. The second kappa shape index (κ2) is 8.07. The Morgan fingerprint density at radius 2 is 1.88 bits per heavy atom. The van der Waals surface area contributed by atoms with Crippen molar-refractivity contribution in [2.45, 2.75) is 13.0 Å². The summed E-state index contributed by atoms with van der Waals surface area (Å²) in [5.74, 6) is -0.768. The summed E-state index contributed by atoms with van der Waals surface area (Å²) in [6, 6.07) is 13.3. The maximum absolute atomic E-state index is 13.6. The first-order chi connectivity index (χ1) is 12.5. The minimum atomic E-state index is -0.542. The SMILES string of the molecule is C[C@@H](Nc1nc2ccccc2s1)C(=O)NNC(=S)Nc1ccccc1F. The third-order valence-corrected chi connectivity index (χ3v) is 4.62. The molecule has 3 rings (SSSR count). The molecule has 0 aliphatic rings. The van der Waals surface area contributed by atoms with Gasteiger partial charge < -0.3 is 10.6 Å². The van der Waals surface area contributed by atoms with Crippen molar-refractivity contribution in [3.63, 3.8) is 0 Å². The number of thiocarbonyl (C=S) groups is 1. The molecule has 1 heterocycles. The van der Waals surface area contributed by atoms with Crippen molar-refractivity contribution < 1.29 is 9.18 Å². The second-order valence-electron chi connectivity index (χ2n) is 5.40. The second-order valence-corrected chi connectivity index (χ2v) is 6.84. The van der Waals surface area contributed by atoms with E-state index in [4.69, 9.17) is 12.2 Å². The topological polar surface area (TPSA) is 78.1 Å². The lowest BCUT2D eigenvalue weighted by atomic mass is 10.3. The highest BCUT2D eigenvalue weighted by atomic mass is 32.1. The Bertz CT molecular complexity index is 913. The molecule has 1 atom stereocenters. The van der Waals surface area contributed by atoms with E-state index in [9.17, 15) is 9.18 Å². The van der Waals surface area contributed by atoms with Gasteiger partial charge in [0.25, 0.3) is 5.91 Å². The molecule has 6 nitrogen and oxygen atoms in total. The van der Waals surface area contributed by atoms with E-state index in [-0.39, 0.29) is 16.7 Å². The van der Waals surface area contributed by atoms with Crippen LogP contribution in [0.3, 0.4) is 0 Å². The fraction of sp³-hybridized carbons (Fsp3) is 0.118. The summed E-state index contributed by atoms with van der Waals surface area (Å²) >= 11 is 6.51. The Kier molecular flexibility index (Phi) is 5.59. The predicted octanol–water partition coefficient (Wildman–Crippen LogP) is 3.25. The lowest BCUT2D eigenvalue weighted by Gasteiger charge is -2.15. The largest absolute Gasteiger partial charge is 0.350 e. The number of anilines is 2. The quantitative estimate of drug-likeness (QED) is 0.405. The van der Waals surface area contributed by atoms with Crippen LogP contribution in [0.1, 0.15) is 6.92 Å². The zero-order valence-corrected chi connectivity index (χ0v) is 15.4. The molecule has 0 saturated heterocycles. The van der Waals surface area contributed by atoms with Gasteiger partial charge in [0.2, 0.25) is 0 Å². The van der Waals surface area contributed by atoms with Crippen molar-refractivity contribution in [3.8, 4) is 0 Å². The number of hydrogen-bond donors (Lipinski definition) is 4. The first kappa shape index (κ1) is 18.0. The number of benzene rings is 2. The fourth-order valence-electron chi connectivity index (χ4n) is 2.13. The summed E-state index contributed by atoms with van der Waals surface area (Å²) in [5, 5.41) is 6.45. The van der Waals surface area contributed by atoms with Crippen molar-refractivity contribution in [2.24, 2.45) is 0 Å². The van der Waals surface area contributed by atoms with Gasteiger partial charge in [-0.1, -0.05) is 35.6 Å². The number of aromatic nitrogens is 1. The molecule has 1 amide bonds. The number of fused-ring (bicyclic) bond motifs is 1. The van der Waals surface area contributed by atoms with E-state index in [0.717, 1.165) is 10.2 Å². The Labute approximate surface area is 158 Å². The number of thiazole rings is 1. The van der Waals surface area contributed by atoms with Crippen LogP contribution in [-0.4, -0.2) is 22.0 Å². The number of amides is 1. The summed E-state index contributed by atoms with van der Waals surface area (Å²) in [6.07, 6.45) is 0. The van der Waals surface area contributed by atoms with Crippen LogP contribution >= 0.6 is 23.6 Å². The van der Waals surface area contributed by atoms with Gasteiger partial charge in [-0.25, -0.2) is 9.37 Å². The molecule has 1 aromatic heterocycles. The number of nitrogens with zero attached hydrogens (tertiary/aromatic N) is 1. The maximum atomic E-state index is 13.6. The molecule has 0 saturated carbocycles. The highest BCUT2D eigenvalue weighted by molar-refractivity contribution is 7.80. The number of halogens is 1. The lowest BCUT2D eigenvalue weighted by Crippen LogP contribution is -2.49. The van der Waals surface area contributed by atoms with Gasteiger partial charge in [-0.3, -0.25) is 15.6 Å². The zero-order valence-electron chi connectivity index (χ0n) is 13.7. The van der Waals surface area contributed by atoms with E-state index in [1.807, 2.05) is 24.3 Å². The third kappa shape index (κ3) is 4.44. The summed E-state index contributed by atoms with van der Waals surface area (Å²) in [5.41, 5.74) is 6.12. The Hall–Kier alpha value is -2.78. The van der Waals surface area contributed by atoms with E-state index in [0.29, 0.717) is 5.13 Å². The molecule has 0 fully saturated rings. The van der Waals surface area contributed by atoms with Crippen LogP contribution in [-0.2, 0) is 4.79 Å². The Balaban J connectivity index is 1.51. The van der Waals surface area contributed by atoms with Gasteiger partial charge in [-0.15, -0.1) is 0 Å². The molecule has 9 heteroatoms. The monoisotopic (exact) mass is 389 g/mol. The summed E-state index contributed by atoms with van der Waals surface area (Å²) in [7, 11) is 0. The van der Waals surface area contributed by atoms with Crippen LogP contribution in [0.15, 0.2) is 48.5 Å². The summed E-state index contributed by atoms with van der Waals surface area (Å²) in [6.45, 7) is 1.70. The van der Waals surface area contributed by atoms with Gasteiger partial charge in [0.05, 0.1) is 15.9 Å². The van der Waals surface area contributed by atoms with E-state index >= 15 is 0 Å². The van der Waals surface area contributed by atoms with Crippen LogP contribution in [0, 0.1) is 5.82 Å². The minimum Gasteiger partial charge on any atom is -0.350 e. The first-order valence-corrected chi connectivity index (χ1v) is 8.99. The summed E-state index contributed by atoms with van der Waals surface area (Å²) in [4.78, 5) is 16.6. The number of nitrogens with one attached hydrogen (secondary N) is 4. The molecule has 0 spiro atoms. The van der Waals surface area contributed by atoms with Crippen molar-refractivity contribution >= 4 is 55.6 Å². The average molecular weight is 389 g/mol. The predicted molar refractivity (Wildman–Crippen MR) is 107 cm³/mol. The smallest absolute Gasteiger partial charge is 0.260 e. The number of rotatable bonds is 4. The zero-order chi connectivity index (χ0) is 18.5. The molecule has 0 aliphatic heterocycles. The highest BCUT2D eigenvalue weighted by Gasteiger charge is 2.15. The van der Waals surface area contributed by atoms with Crippen molar-refractivity contribution in [1.29, 1.82) is 0 Å². The van der Waals surface area contributed by atoms with Gasteiger partial charge in [-0.05, 0) is 43.4 Å². The standard InChI is InChI=1S/C17H16FN5OS2/c1-10(19-17-21-13-8-4-5-9-14(13)26-17)15(24)22-23-16(25)20-12-7-3-2-6-11(12)18/h2-10H,1H3,(H,19,21)(H,22,24)(H2,20,23,25)/t10-/m1/s1. The number of hydrazine groups is 1. The van der Waals surface area contributed by atoms with Gasteiger partial charge >= 0.3 is 0 Å². The first-order valence-electron chi connectivity index (χ1n) is 7.76. The van der Waals surface area contributed by atoms with E-state index in [1.54, 1.807) is 25.1 Å². The molecule has 0 radical (unpaired) electrons. The number of carbonyl (C=O) groups excluding carboxylic acids is 1. The van der Waals surface area contributed by atoms with Gasteiger partial charge in [0, 0.05) is 0 Å². The van der Waals surface area contributed by atoms with E-state index < -0.39 is 11.9 Å². The molecule has 0 unspecified atom stereocenters. The summed E-state index contributed by atoms with van der Waals surface area (Å²) < 4.78 is 14.6. The number of para-hydroxylation sites is 2. The molecule has 26 heavy (non-hydrogen) atoms. The Morgan fingerprint density at radius 1 is 1.15 bits per heavy atom. The van der Waals surface area contributed by atoms with Gasteiger partial charge in [-0.2, -0.15) is 0 Å². The van der Waals surface area contributed by atoms with Crippen molar-refractivity contribution in [3.05, 3.63) is 54.3 Å². The fourth-order valence-corrected chi connectivity index (χ4v) is 3.24. The number of hydrogen-bond acceptors (Lipinski definition) is 5. The van der Waals surface area contributed by atoms with Crippen LogP contribution in [0.25, 0.3) is 10.2 Å². The molecule has 3 aromatic rings. The van der Waals surface area contributed by atoms with E-state index in [2.05, 4.69) is 26.5 Å². The van der Waals surface area contributed by atoms with Crippen molar-refractivity contribution in [1.82, 2.24) is 15.8 Å². The molecule has 4 N–H and O–H groups in total. The molecule has 0 aliphatic carbocycles. The lowest BCUT2D eigenvalue weighted by molar-refractivity contribution is -0.122. The van der Waals surface area contributed by atoms with Crippen LogP contribution in [0.4, 0.5) is 15.2 Å². The van der Waals surface area contributed by atoms with Gasteiger partial charge in [0.1, 0.15) is 11.9 Å². The van der Waals surface area contributed by atoms with Crippen LogP contribution in [0.5, 0.6) is 0 Å². The number of carbonyl (C=O) groups is 1. The van der Waals surface area contributed by atoms with Crippen LogP contribution < -0.4 is 21.5 Å². The maximum Gasteiger partial charge on any atom is 0.260 e. The molecule has 134 valence electrons. The normalized spacial score (nSPS) is 11.6. The molecular formula is C17H16FN5OS2. The average Bonchev–Trinajstić information content (AvgIpc) is 3.03. The van der Waals surface area contributed by atoms with Gasteiger partial charge in [0.15, 0.2) is 10.2 Å². The van der Waals surface area contributed by atoms with Crippen molar-refractivity contribution in [2.75, 3.05) is 10.6 Å². The molecular weight excluding hydrogens is 373 g/mol. The minimum absolute atomic E-state index is 0.0793. The Morgan fingerprint density at radius 3 is 2.65 bits per heavy atom. The molecule has 0 bridgehead atoms. The van der Waals surface area contributed by atoms with Crippen LogP contribution in [0.2, 0.25) is 0 Å². The highest BCUT2D eigenvalue weighted by Crippen LogP contribution is 2.25.